The number of hydrogen-bond acceptors (Lipinski definition) is 5. The first kappa shape index (κ1) is 15.0. The van der Waals surface area contributed by atoms with Crippen molar-refractivity contribution in [3.63, 3.8) is 0 Å². The van der Waals surface area contributed by atoms with E-state index in [4.69, 9.17) is 10.00 Å². The van der Waals surface area contributed by atoms with E-state index in [9.17, 15) is 8.78 Å². The topological polar surface area (TPSA) is 75.8 Å². The van der Waals surface area contributed by atoms with E-state index in [2.05, 4.69) is 15.4 Å². The molecule has 0 aliphatic heterocycles. The second-order valence-electron chi connectivity index (χ2n) is 4.20. The quantitative estimate of drug-likeness (QED) is 0.809. The largest absolute Gasteiger partial charge is 0.383 e. The Kier molecular flexibility index (Phi) is 4.92. The minimum absolute atomic E-state index is 0.154. The Bertz CT molecular complexity index is 642. The van der Waals surface area contributed by atoms with Gasteiger partial charge in [0.1, 0.15) is 18.1 Å². The molecule has 0 bridgehead atoms. The Morgan fingerprint density at radius 2 is 2.10 bits per heavy atom. The molecule has 1 N–H and O–H groups in total. The van der Waals surface area contributed by atoms with E-state index >= 15 is 0 Å². The number of benzene rings is 1. The third kappa shape index (κ3) is 3.59. The van der Waals surface area contributed by atoms with Crippen LogP contribution in [0.2, 0.25) is 0 Å². The molecule has 0 radical (unpaired) electrons. The van der Waals surface area contributed by atoms with Crippen molar-refractivity contribution in [2.75, 3.05) is 20.3 Å². The number of halogens is 2. The molecule has 1 heterocycles. The summed E-state index contributed by atoms with van der Waals surface area (Å²) in [4.78, 5) is 3.62. The van der Waals surface area contributed by atoms with E-state index in [1.54, 1.807) is 13.2 Å². The SMILES string of the molecule is COCCNCc1cc(F)c(-n2cnc(C#N)n2)c(F)c1. The van der Waals surface area contributed by atoms with Gasteiger partial charge in [0.15, 0.2) is 11.6 Å². The number of methoxy groups -OCH3 is 1. The van der Waals surface area contributed by atoms with Crippen molar-refractivity contribution in [2.24, 2.45) is 0 Å². The number of hydrogen-bond donors (Lipinski definition) is 1. The standard InChI is InChI=1S/C13H13F2N5O/c1-21-3-2-17-7-9-4-10(14)13(11(15)5-9)20-8-18-12(6-16)19-20/h4-5,8,17H,2-3,7H2,1H3. The molecule has 8 heteroatoms. The first-order chi connectivity index (χ1) is 10.2. The van der Waals surface area contributed by atoms with Crippen molar-refractivity contribution < 1.29 is 13.5 Å². The molecule has 21 heavy (non-hydrogen) atoms. The number of nitriles is 1. The molecule has 2 aromatic rings. The Morgan fingerprint density at radius 1 is 1.38 bits per heavy atom. The van der Waals surface area contributed by atoms with Crippen LogP contribution in [-0.2, 0) is 11.3 Å². The lowest BCUT2D eigenvalue weighted by molar-refractivity contribution is 0.199. The second kappa shape index (κ2) is 6.88. The van der Waals surface area contributed by atoms with E-state index in [0.29, 0.717) is 25.3 Å². The average molecular weight is 293 g/mol. The maximum atomic E-state index is 14.0. The van der Waals surface area contributed by atoms with Crippen LogP contribution in [0.1, 0.15) is 11.4 Å². The average Bonchev–Trinajstić information content (AvgIpc) is 2.91. The van der Waals surface area contributed by atoms with E-state index in [1.165, 1.54) is 12.1 Å². The van der Waals surface area contributed by atoms with Crippen molar-refractivity contribution >= 4 is 0 Å². The lowest BCUT2D eigenvalue weighted by Crippen LogP contribution is -2.19. The van der Waals surface area contributed by atoms with E-state index in [0.717, 1.165) is 11.0 Å². The molecule has 0 saturated heterocycles. The molecule has 0 saturated carbocycles. The van der Waals surface area contributed by atoms with Gasteiger partial charge in [0.05, 0.1) is 6.61 Å². The van der Waals surface area contributed by atoms with Gasteiger partial charge in [-0.05, 0) is 17.7 Å². The van der Waals surface area contributed by atoms with Gasteiger partial charge in [-0.2, -0.15) is 5.26 Å². The van der Waals surface area contributed by atoms with Crippen molar-refractivity contribution in [3.05, 3.63) is 41.5 Å². The summed E-state index contributed by atoms with van der Waals surface area (Å²) in [7, 11) is 1.57. The normalized spacial score (nSPS) is 10.6. The van der Waals surface area contributed by atoms with Crippen LogP contribution in [0.4, 0.5) is 8.78 Å². The van der Waals surface area contributed by atoms with Crippen molar-refractivity contribution in [1.29, 1.82) is 5.26 Å². The summed E-state index contributed by atoms with van der Waals surface area (Å²) in [5.41, 5.74) is 0.107. The zero-order valence-electron chi connectivity index (χ0n) is 11.3. The fourth-order valence-corrected chi connectivity index (χ4v) is 1.77. The van der Waals surface area contributed by atoms with Gasteiger partial charge in [0, 0.05) is 20.2 Å². The second-order valence-corrected chi connectivity index (χ2v) is 4.20. The van der Waals surface area contributed by atoms with Crippen molar-refractivity contribution in [1.82, 2.24) is 20.1 Å². The third-order valence-corrected chi connectivity index (χ3v) is 2.71. The minimum Gasteiger partial charge on any atom is -0.383 e. The van der Waals surface area contributed by atoms with Crippen LogP contribution in [0.3, 0.4) is 0 Å². The maximum Gasteiger partial charge on any atom is 0.252 e. The number of aromatic nitrogens is 3. The highest BCUT2D eigenvalue weighted by Crippen LogP contribution is 2.19. The van der Waals surface area contributed by atoms with Crippen LogP contribution in [-0.4, -0.2) is 35.0 Å². The van der Waals surface area contributed by atoms with Crippen LogP contribution >= 0.6 is 0 Å². The van der Waals surface area contributed by atoms with Crippen LogP contribution in [0.5, 0.6) is 0 Å². The molecular weight excluding hydrogens is 280 g/mol. The number of nitrogens with one attached hydrogen (secondary N) is 1. The molecule has 0 atom stereocenters. The molecule has 0 fully saturated rings. The van der Waals surface area contributed by atoms with Crippen LogP contribution in [0.25, 0.3) is 5.69 Å². The third-order valence-electron chi connectivity index (χ3n) is 2.71. The predicted octanol–water partition coefficient (Wildman–Crippen LogP) is 1.15. The minimum atomic E-state index is -0.770. The Morgan fingerprint density at radius 3 is 2.67 bits per heavy atom. The Balaban J connectivity index is 2.19. The summed E-state index contributed by atoms with van der Waals surface area (Å²) >= 11 is 0. The lowest BCUT2D eigenvalue weighted by Gasteiger charge is -2.08. The first-order valence-electron chi connectivity index (χ1n) is 6.15. The highest BCUT2D eigenvalue weighted by Gasteiger charge is 2.15. The van der Waals surface area contributed by atoms with Crippen molar-refractivity contribution in [2.45, 2.75) is 6.54 Å². The van der Waals surface area contributed by atoms with Gasteiger partial charge in [0.2, 0.25) is 0 Å². The molecule has 110 valence electrons. The number of ether oxygens (including phenoxy) is 1. The molecule has 1 aromatic heterocycles. The first-order valence-corrected chi connectivity index (χ1v) is 6.15. The highest BCUT2D eigenvalue weighted by molar-refractivity contribution is 5.37. The van der Waals surface area contributed by atoms with Gasteiger partial charge < -0.3 is 10.1 Å². The van der Waals surface area contributed by atoms with Gasteiger partial charge in [0.25, 0.3) is 5.82 Å². The summed E-state index contributed by atoms with van der Waals surface area (Å²) < 4.78 is 33.8. The van der Waals surface area contributed by atoms with Crippen LogP contribution < -0.4 is 5.32 Å². The van der Waals surface area contributed by atoms with E-state index in [1.807, 2.05) is 0 Å². The molecule has 0 amide bonds. The fraction of sp³-hybridized carbons (Fsp3) is 0.308. The molecule has 6 nitrogen and oxygen atoms in total. The summed E-state index contributed by atoms with van der Waals surface area (Å²) in [6.45, 7) is 1.41. The molecule has 0 aliphatic rings. The summed E-state index contributed by atoms with van der Waals surface area (Å²) in [5, 5.41) is 15.3. The van der Waals surface area contributed by atoms with Gasteiger partial charge in [-0.25, -0.2) is 18.4 Å². The zero-order valence-corrected chi connectivity index (χ0v) is 11.3. The molecule has 0 unspecified atom stereocenters. The monoisotopic (exact) mass is 293 g/mol. The summed E-state index contributed by atoms with van der Waals surface area (Å²) in [5.74, 6) is -1.69. The maximum absolute atomic E-state index is 14.0. The fourth-order valence-electron chi connectivity index (χ4n) is 1.77. The highest BCUT2D eigenvalue weighted by atomic mass is 19.1. The van der Waals surface area contributed by atoms with Crippen LogP contribution in [0, 0.1) is 23.0 Å². The molecule has 0 spiro atoms. The predicted molar refractivity (Wildman–Crippen MR) is 69.6 cm³/mol. The number of nitrogens with zero attached hydrogens (tertiary/aromatic N) is 4. The lowest BCUT2D eigenvalue weighted by atomic mass is 10.2. The molecule has 0 aliphatic carbocycles. The van der Waals surface area contributed by atoms with E-state index in [-0.39, 0.29) is 11.5 Å². The smallest absolute Gasteiger partial charge is 0.252 e. The van der Waals surface area contributed by atoms with Crippen LogP contribution in [0.15, 0.2) is 18.5 Å². The molecular formula is C13H13F2N5O. The van der Waals surface area contributed by atoms with Gasteiger partial charge in [-0.3, -0.25) is 0 Å². The molecule has 2 rings (SSSR count). The molecule has 1 aromatic carbocycles. The summed E-state index contributed by atoms with van der Waals surface area (Å²) in [6.07, 6.45) is 1.09. The van der Waals surface area contributed by atoms with E-state index < -0.39 is 11.6 Å². The zero-order chi connectivity index (χ0) is 15.2. The summed E-state index contributed by atoms with van der Waals surface area (Å²) in [6, 6.07) is 4.13. The van der Waals surface area contributed by atoms with Gasteiger partial charge in [-0.1, -0.05) is 0 Å². The van der Waals surface area contributed by atoms with Gasteiger partial charge >= 0.3 is 0 Å². The Labute approximate surface area is 120 Å². The Hall–Kier alpha value is -2.37. The number of rotatable bonds is 6. The van der Waals surface area contributed by atoms with Crippen molar-refractivity contribution in [3.8, 4) is 11.8 Å². The van der Waals surface area contributed by atoms with Gasteiger partial charge in [-0.15, -0.1) is 5.10 Å².